The first-order valence-corrected chi connectivity index (χ1v) is 7.33. The van der Waals surface area contributed by atoms with Crippen LogP contribution in [0.1, 0.15) is 39.0 Å². The molecule has 1 N–H and O–H groups in total. The molecule has 2 rings (SSSR count). The Morgan fingerprint density at radius 1 is 1.21 bits per heavy atom. The largest absolute Gasteiger partial charge is 0.352 e. The highest BCUT2D eigenvalue weighted by Crippen LogP contribution is 2.18. The molecule has 1 aliphatic carbocycles. The molecule has 2 amide bonds. The summed E-state index contributed by atoms with van der Waals surface area (Å²) in [7, 11) is 1.83. The van der Waals surface area contributed by atoms with Gasteiger partial charge in [0, 0.05) is 18.6 Å². The summed E-state index contributed by atoms with van der Waals surface area (Å²) < 4.78 is 0. The Bertz CT molecular complexity index is 342. The molecule has 1 heterocycles. The average molecular weight is 267 g/mol. The van der Waals surface area contributed by atoms with Crippen molar-refractivity contribution in [1.82, 2.24) is 15.1 Å². The highest BCUT2D eigenvalue weighted by atomic mass is 16.2. The molecule has 1 saturated carbocycles. The van der Waals surface area contributed by atoms with Crippen LogP contribution >= 0.6 is 0 Å². The number of rotatable bonds is 5. The zero-order valence-electron chi connectivity index (χ0n) is 12.0. The van der Waals surface area contributed by atoms with Crippen molar-refractivity contribution < 1.29 is 9.59 Å². The van der Waals surface area contributed by atoms with Crippen LogP contribution in [0.25, 0.3) is 0 Å². The molecule has 2 fully saturated rings. The molecule has 1 aliphatic heterocycles. The molecule has 0 aromatic carbocycles. The molecule has 0 radical (unpaired) electrons. The number of piperidine rings is 1. The fourth-order valence-electron chi connectivity index (χ4n) is 2.59. The van der Waals surface area contributed by atoms with Gasteiger partial charge in [0.15, 0.2) is 0 Å². The van der Waals surface area contributed by atoms with Gasteiger partial charge in [-0.3, -0.25) is 14.5 Å². The molecule has 0 bridgehead atoms. The van der Waals surface area contributed by atoms with Gasteiger partial charge in [-0.05, 0) is 46.1 Å². The van der Waals surface area contributed by atoms with Crippen molar-refractivity contribution in [3.05, 3.63) is 0 Å². The molecule has 2 aliphatic rings. The lowest BCUT2D eigenvalue weighted by Crippen LogP contribution is -2.47. The number of amides is 2. The van der Waals surface area contributed by atoms with Gasteiger partial charge in [0.25, 0.3) is 0 Å². The van der Waals surface area contributed by atoms with Gasteiger partial charge in [-0.1, -0.05) is 0 Å². The third kappa shape index (κ3) is 4.49. The maximum absolute atomic E-state index is 12.2. The Morgan fingerprint density at radius 2 is 1.95 bits per heavy atom. The van der Waals surface area contributed by atoms with Crippen molar-refractivity contribution >= 4 is 11.8 Å². The van der Waals surface area contributed by atoms with Gasteiger partial charge in [0.1, 0.15) is 0 Å². The Balaban J connectivity index is 1.72. The first kappa shape index (κ1) is 14.3. The summed E-state index contributed by atoms with van der Waals surface area (Å²) in [5.41, 5.74) is 0. The fourth-order valence-corrected chi connectivity index (χ4v) is 2.59. The summed E-state index contributed by atoms with van der Waals surface area (Å²) >= 11 is 0. The van der Waals surface area contributed by atoms with Gasteiger partial charge in [-0.2, -0.15) is 0 Å². The Labute approximate surface area is 115 Å². The second-order valence-electron chi connectivity index (χ2n) is 5.95. The number of hydrogen-bond donors (Lipinski definition) is 1. The van der Waals surface area contributed by atoms with E-state index in [0.717, 1.165) is 32.2 Å². The third-order valence-corrected chi connectivity index (χ3v) is 3.88. The topological polar surface area (TPSA) is 52.7 Å². The van der Waals surface area contributed by atoms with Crippen LogP contribution in [-0.2, 0) is 9.59 Å². The molecular formula is C14H25N3O2. The number of carbonyl (C=O) groups is 2. The fraction of sp³-hybridized carbons (Fsp3) is 0.857. The minimum Gasteiger partial charge on any atom is -0.352 e. The van der Waals surface area contributed by atoms with E-state index in [2.05, 4.69) is 12.2 Å². The van der Waals surface area contributed by atoms with Gasteiger partial charge in [-0.15, -0.1) is 0 Å². The zero-order valence-corrected chi connectivity index (χ0v) is 12.0. The van der Waals surface area contributed by atoms with Crippen molar-refractivity contribution in [1.29, 1.82) is 0 Å². The van der Waals surface area contributed by atoms with E-state index in [0.29, 0.717) is 25.2 Å². The average Bonchev–Trinajstić information content (AvgIpc) is 3.12. The van der Waals surface area contributed by atoms with E-state index in [9.17, 15) is 9.59 Å². The van der Waals surface area contributed by atoms with E-state index in [4.69, 9.17) is 0 Å². The molecule has 1 saturated heterocycles. The smallest absolute Gasteiger partial charge is 0.236 e. The van der Waals surface area contributed by atoms with Gasteiger partial charge < -0.3 is 10.2 Å². The Kier molecular flexibility index (Phi) is 4.80. The summed E-state index contributed by atoms with van der Waals surface area (Å²) in [6.07, 6.45) is 5.60. The predicted molar refractivity (Wildman–Crippen MR) is 73.7 cm³/mol. The molecule has 19 heavy (non-hydrogen) atoms. The van der Waals surface area contributed by atoms with Gasteiger partial charge in [0.2, 0.25) is 11.8 Å². The second-order valence-corrected chi connectivity index (χ2v) is 5.95. The summed E-state index contributed by atoms with van der Waals surface area (Å²) in [5, 5.41) is 2.94. The quantitative estimate of drug-likeness (QED) is 0.793. The van der Waals surface area contributed by atoms with Crippen LogP contribution < -0.4 is 5.32 Å². The highest BCUT2D eigenvalue weighted by Gasteiger charge is 2.26. The number of nitrogens with one attached hydrogen (secondary N) is 1. The molecular weight excluding hydrogens is 242 g/mol. The third-order valence-electron chi connectivity index (χ3n) is 3.88. The van der Waals surface area contributed by atoms with E-state index in [1.807, 2.05) is 11.9 Å². The highest BCUT2D eigenvalue weighted by molar-refractivity contribution is 5.81. The van der Waals surface area contributed by atoms with Gasteiger partial charge in [0.05, 0.1) is 13.1 Å². The maximum atomic E-state index is 12.2. The van der Waals surface area contributed by atoms with Crippen LogP contribution in [0, 0.1) is 0 Å². The van der Waals surface area contributed by atoms with Crippen molar-refractivity contribution in [2.75, 3.05) is 26.7 Å². The minimum absolute atomic E-state index is 0.0319. The van der Waals surface area contributed by atoms with E-state index < -0.39 is 0 Å². The van der Waals surface area contributed by atoms with Crippen LogP contribution in [0.15, 0.2) is 0 Å². The standard InChI is InChI=1S/C14H25N3O2/c1-11-5-3-4-8-17(11)14(19)10-16(2)9-13(18)15-12-6-7-12/h11-12H,3-10H2,1-2H3,(H,15,18). The van der Waals surface area contributed by atoms with Crippen LogP contribution in [0.2, 0.25) is 0 Å². The Morgan fingerprint density at radius 3 is 2.58 bits per heavy atom. The van der Waals surface area contributed by atoms with Gasteiger partial charge >= 0.3 is 0 Å². The van der Waals surface area contributed by atoms with E-state index in [-0.39, 0.29) is 11.8 Å². The number of carbonyl (C=O) groups excluding carboxylic acids is 2. The Hall–Kier alpha value is -1.10. The first-order chi connectivity index (χ1) is 9.06. The monoisotopic (exact) mass is 267 g/mol. The number of hydrogen-bond acceptors (Lipinski definition) is 3. The van der Waals surface area contributed by atoms with Crippen molar-refractivity contribution in [2.45, 2.75) is 51.1 Å². The molecule has 0 spiro atoms. The van der Waals surface area contributed by atoms with E-state index >= 15 is 0 Å². The second kappa shape index (κ2) is 6.37. The summed E-state index contributed by atoms with van der Waals surface area (Å²) in [6.45, 7) is 3.62. The number of nitrogens with zero attached hydrogens (tertiary/aromatic N) is 2. The molecule has 0 aromatic heterocycles. The van der Waals surface area contributed by atoms with Crippen LogP contribution in [0.5, 0.6) is 0 Å². The lowest BCUT2D eigenvalue weighted by Gasteiger charge is -2.34. The molecule has 0 aromatic rings. The van der Waals surface area contributed by atoms with Crippen molar-refractivity contribution in [3.63, 3.8) is 0 Å². The van der Waals surface area contributed by atoms with E-state index in [1.165, 1.54) is 6.42 Å². The SMILES string of the molecule is CC1CCCCN1C(=O)CN(C)CC(=O)NC1CC1. The minimum atomic E-state index is 0.0319. The van der Waals surface area contributed by atoms with Crippen molar-refractivity contribution in [2.24, 2.45) is 0 Å². The van der Waals surface area contributed by atoms with Crippen LogP contribution in [0.3, 0.4) is 0 Å². The number of likely N-dealkylation sites (tertiary alicyclic amines) is 1. The molecule has 1 atom stereocenters. The number of likely N-dealkylation sites (N-methyl/N-ethyl adjacent to an activating group) is 1. The lowest BCUT2D eigenvalue weighted by atomic mass is 10.0. The predicted octanol–water partition coefficient (Wildman–Crippen LogP) is 0.598. The lowest BCUT2D eigenvalue weighted by molar-refractivity contribution is -0.135. The summed E-state index contributed by atoms with van der Waals surface area (Å²) in [4.78, 5) is 27.6. The first-order valence-electron chi connectivity index (χ1n) is 7.33. The van der Waals surface area contributed by atoms with E-state index in [1.54, 1.807) is 4.90 Å². The van der Waals surface area contributed by atoms with Gasteiger partial charge in [-0.25, -0.2) is 0 Å². The van der Waals surface area contributed by atoms with Crippen LogP contribution in [0.4, 0.5) is 0 Å². The van der Waals surface area contributed by atoms with Crippen molar-refractivity contribution in [3.8, 4) is 0 Å². The summed E-state index contributed by atoms with van der Waals surface area (Å²) in [6, 6.07) is 0.730. The van der Waals surface area contributed by atoms with Crippen LogP contribution in [-0.4, -0.2) is 60.4 Å². The molecule has 5 nitrogen and oxygen atoms in total. The molecule has 1 unspecified atom stereocenters. The summed E-state index contributed by atoms with van der Waals surface area (Å²) in [5.74, 6) is 0.179. The normalized spacial score (nSPS) is 23.5. The molecule has 108 valence electrons. The zero-order chi connectivity index (χ0) is 13.8. The maximum Gasteiger partial charge on any atom is 0.236 e. The molecule has 5 heteroatoms.